The fourth-order valence-electron chi connectivity index (χ4n) is 5.34. The van der Waals surface area contributed by atoms with Crippen molar-refractivity contribution in [2.24, 2.45) is 5.92 Å². The molecule has 6 nitrogen and oxygen atoms in total. The fourth-order valence-corrected chi connectivity index (χ4v) is 5.34. The van der Waals surface area contributed by atoms with E-state index in [1.54, 1.807) is 6.07 Å². The number of rotatable bonds is 5. The first-order valence-electron chi connectivity index (χ1n) is 12.1. The second-order valence-corrected chi connectivity index (χ2v) is 9.21. The molecule has 1 fully saturated rings. The van der Waals surface area contributed by atoms with Crippen molar-refractivity contribution in [3.05, 3.63) is 64.5 Å². The SMILES string of the molecule is CCN(CC)C(=O)C1CCCN(Cc2ccc3c(c2)COC3=C2C(=O)Nc3ccc(F)cc32)C1. The van der Waals surface area contributed by atoms with Crippen LogP contribution in [-0.4, -0.2) is 47.8 Å². The molecule has 2 amide bonds. The highest BCUT2D eigenvalue weighted by atomic mass is 19.1. The lowest BCUT2D eigenvalue weighted by Crippen LogP contribution is -2.44. The van der Waals surface area contributed by atoms with Crippen LogP contribution < -0.4 is 5.32 Å². The normalized spacial score (nSPS) is 21.6. The third-order valence-electron chi connectivity index (χ3n) is 7.08. The summed E-state index contributed by atoms with van der Waals surface area (Å²) in [5, 5.41) is 2.80. The summed E-state index contributed by atoms with van der Waals surface area (Å²) in [5.41, 5.74) is 4.57. The van der Waals surface area contributed by atoms with E-state index in [0.29, 0.717) is 29.2 Å². The van der Waals surface area contributed by atoms with Gasteiger partial charge in [-0.2, -0.15) is 0 Å². The molecular weight excluding hydrogens is 433 g/mol. The van der Waals surface area contributed by atoms with Gasteiger partial charge in [0.2, 0.25) is 5.91 Å². The average molecular weight is 464 g/mol. The second kappa shape index (κ2) is 9.22. The Morgan fingerprint density at radius 2 is 2.00 bits per heavy atom. The molecule has 0 bridgehead atoms. The van der Waals surface area contributed by atoms with Gasteiger partial charge in [-0.1, -0.05) is 18.2 Å². The predicted octanol–water partition coefficient (Wildman–Crippen LogP) is 4.26. The van der Waals surface area contributed by atoms with E-state index in [9.17, 15) is 14.0 Å². The van der Waals surface area contributed by atoms with Crippen molar-refractivity contribution in [2.75, 3.05) is 31.5 Å². The van der Waals surface area contributed by atoms with Crippen LogP contribution >= 0.6 is 0 Å². The smallest absolute Gasteiger partial charge is 0.260 e. The van der Waals surface area contributed by atoms with E-state index >= 15 is 0 Å². The number of piperidine rings is 1. The van der Waals surface area contributed by atoms with E-state index in [-0.39, 0.29) is 23.5 Å². The fraction of sp³-hybridized carbons (Fsp3) is 0.407. The van der Waals surface area contributed by atoms with E-state index in [2.05, 4.69) is 22.3 Å². The number of fused-ring (bicyclic) bond motifs is 2. The van der Waals surface area contributed by atoms with Gasteiger partial charge in [0.15, 0.2) is 0 Å². The number of nitrogens with one attached hydrogen (secondary N) is 1. The van der Waals surface area contributed by atoms with E-state index in [0.717, 1.165) is 62.3 Å². The van der Waals surface area contributed by atoms with Gasteiger partial charge in [-0.05, 0) is 57.0 Å². The van der Waals surface area contributed by atoms with Crippen LogP contribution in [0.4, 0.5) is 10.1 Å². The van der Waals surface area contributed by atoms with Crippen molar-refractivity contribution in [1.29, 1.82) is 0 Å². The molecule has 1 N–H and O–H groups in total. The van der Waals surface area contributed by atoms with Gasteiger partial charge in [0, 0.05) is 48.6 Å². The van der Waals surface area contributed by atoms with Crippen molar-refractivity contribution in [1.82, 2.24) is 9.80 Å². The first-order chi connectivity index (χ1) is 16.5. The standard InChI is InChI=1S/C27H30FN3O3/c1-3-31(4-2)27(33)18-6-5-11-30(15-18)14-17-7-9-21-19(12-17)16-34-25(21)24-22-13-20(28)8-10-23(22)29-26(24)32/h7-10,12-13,18H,3-6,11,14-16H2,1-2H3,(H,29,32). The molecular formula is C27H30FN3O3. The maximum Gasteiger partial charge on any atom is 0.260 e. The zero-order chi connectivity index (χ0) is 23.8. The summed E-state index contributed by atoms with van der Waals surface area (Å²) in [7, 11) is 0. The Kier molecular flexibility index (Phi) is 6.13. The maximum absolute atomic E-state index is 13.9. The molecule has 3 heterocycles. The highest BCUT2D eigenvalue weighted by molar-refractivity contribution is 6.36. The van der Waals surface area contributed by atoms with Gasteiger partial charge >= 0.3 is 0 Å². The number of amides is 2. The first kappa shape index (κ1) is 22.6. The Hall–Kier alpha value is -3.19. The second-order valence-electron chi connectivity index (χ2n) is 9.21. The van der Waals surface area contributed by atoms with E-state index in [4.69, 9.17) is 4.74 Å². The summed E-state index contributed by atoms with van der Waals surface area (Å²) in [6, 6.07) is 10.5. The quantitative estimate of drug-likeness (QED) is 0.674. The number of hydrogen-bond acceptors (Lipinski definition) is 4. The highest BCUT2D eigenvalue weighted by Crippen LogP contribution is 2.42. The molecule has 5 rings (SSSR count). The van der Waals surface area contributed by atoms with Gasteiger partial charge in [0.05, 0.1) is 11.5 Å². The zero-order valence-corrected chi connectivity index (χ0v) is 19.7. The first-order valence-corrected chi connectivity index (χ1v) is 12.1. The molecule has 2 aromatic rings. The molecule has 34 heavy (non-hydrogen) atoms. The molecule has 0 spiro atoms. The van der Waals surface area contributed by atoms with Crippen molar-refractivity contribution in [3.8, 4) is 0 Å². The Balaban J connectivity index is 1.35. The minimum atomic E-state index is -0.388. The Labute approximate surface area is 199 Å². The van der Waals surface area contributed by atoms with Gasteiger partial charge in [-0.3, -0.25) is 14.5 Å². The number of likely N-dealkylation sites (tertiary alicyclic amines) is 1. The molecule has 7 heteroatoms. The lowest BCUT2D eigenvalue weighted by Gasteiger charge is -2.34. The number of benzene rings is 2. The molecule has 1 unspecified atom stereocenters. The molecule has 0 aromatic heterocycles. The minimum Gasteiger partial charge on any atom is -0.487 e. The van der Waals surface area contributed by atoms with E-state index in [1.807, 2.05) is 24.8 Å². The molecule has 0 saturated carbocycles. The topological polar surface area (TPSA) is 61.9 Å². The third-order valence-corrected chi connectivity index (χ3v) is 7.08. The minimum absolute atomic E-state index is 0.0593. The van der Waals surface area contributed by atoms with Gasteiger partial charge < -0.3 is 15.0 Å². The molecule has 0 radical (unpaired) electrons. The molecule has 3 aliphatic heterocycles. The van der Waals surface area contributed by atoms with Crippen LogP contribution in [-0.2, 0) is 27.5 Å². The molecule has 178 valence electrons. The Morgan fingerprint density at radius 1 is 1.18 bits per heavy atom. The van der Waals surface area contributed by atoms with Crippen molar-refractivity contribution >= 4 is 28.8 Å². The van der Waals surface area contributed by atoms with Gasteiger partial charge in [0.25, 0.3) is 5.91 Å². The summed E-state index contributed by atoms with van der Waals surface area (Å²) in [6.07, 6.45) is 1.97. The summed E-state index contributed by atoms with van der Waals surface area (Å²) >= 11 is 0. The molecule has 1 saturated heterocycles. The monoisotopic (exact) mass is 463 g/mol. The van der Waals surface area contributed by atoms with Crippen LogP contribution in [0.1, 0.15) is 48.9 Å². The Morgan fingerprint density at radius 3 is 2.79 bits per heavy atom. The lowest BCUT2D eigenvalue weighted by molar-refractivity contribution is -0.137. The molecule has 3 aliphatic rings. The van der Waals surface area contributed by atoms with Crippen LogP contribution in [0.25, 0.3) is 11.3 Å². The molecule has 0 aliphatic carbocycles. The largest absolute Gasteiger partial charge is 0.487 e. The number of ether oxygens (including phenoxy) is 1. The zero-order valence-electron chi connectivity index (χ0n) is 19.7. The van der Waals surface area contributed by atoms with Gasteiger partial charge in [-0.15, -0.1) is 0 Å². The Bertz CT molecular complexity index is 1170. The van der Waals surface area contributed by atoms with E-state index in [1.165, 1.54) is 12.1 Å². The predicted molar refractivity (Wildman–Crippen MR) is 129 cm³/mol. The number of anilines is 1. The molecule has 1 atom stereocenters. The van der Waals surface area contributed by atoms with Crippen molar-refractivity contribution in [2.45, 2.75) is 39.8 Å². The highest BCUT2D eigenvalue weighted by Gasteiger charge is 2.33. The average Bonchev–Trinajstić information content (AvgIpc) is 3.38. The summed E-state index contributed by atoms with van der Waals surface area (Å²) in [5.74, 6) is 0.168. The third kappa shape index (κ3) is 4.09. The van der Waals surface area contributed by atoms with Crippen LogP contribution in [0.15, 0.2) is 36.4 Å². The number of halogens is 1. The van der Waals surface area contributed by atoms with Gasteiger partial charge in [-0.25, -0.2) is 4.39 Å². The molecule has 2 aromatic carbocycles. The summed E-state index contributed by atoms with van der Waals surface area (Å²) in [6.45, 7) is 8.48. The van der Waals surface area contributed by atoms with Crippen LogP contribution in [0.3, 0.4) is 0 Å². The summed E-state index contributed by atoms with van der Waals surface area (Å²) in [4.78, 5) is 29.8. The summed E-state index contributed by atoms with van der Waals surface area (Å²) < 4.78 is 19.8. The van der Waals surface area contributed by atoms with Gasteiger partial charge in [0.1, 0.15) is 18.2 Å². The van der Waals surface area contributed by atoms with Crippen LogP contribution in [0.2, 0.25) is 0 Å². The maximum atomic E-state index is 13.9. The van der Waals surface area contributed by atoms with Crippen molar-refractivity contribution in [3.63, 3.8) is 0 Å². The van der Waals surface area contributed by atoms with Crippen LogP contribution in [0, 0.1) is 11.7 Å². The van der Waals surface area contributed by atoms with Crippen molar-refractivity contribution < 1.29 is 18.7 Å². The van der Waals surface area contributed by atoms with E-state index < -0.39 is 0 Å². The number of hydrogen-bond donors (Lipinski definition) is 1. The number of carbonyl (C=O) groups excluding carboxylic acids is 2. The van der Waals surface area contributed by atoms with Crippen LogP contribution in [0.5, 0.6) is 0 Å². The number of nitrogens with zero attached hydrogens (tertiary/aromatic N) is 2. The number of carbonyl (C=O) groups is 2. The lowest BCUT2D eigenvalue weighted by atomic mass is 9.95.